The van der Waals surface area contributed by atoms with E-state index in [0.29, 0.717) is 23.3 Å². The van der Waals surface area contributed by atoms with E-state index in [1.165, 1.54) is 17.1 Å². The van der Waals surface area contributed by atoms with Gasteiger partial charge in [0.25, 0.3) is 5.91 Å². The van der Waals surface area contributed by atoms with Crippen molar-refractivity contribution in [2.75, 3.05) is 7.11 Å². The summed E-state index contributed by atoms with van der Waals surface area (Å²) >= 11 is 0. The third-order valence-electron chi connectivity index (χ3n) is 5.37. The van der Waals surface area contributed by atoms with E-state index in [1.807, 2.05) is 62.4 Å². The maximum atomic E-state index is 13.7. The van der Waals surface area contributed by atoms with Crippen LogP contribution in [0.15, 0.2) is 84.4 Å². The largest absolute Gasteiger partial charge is 0.496 e. The fourth-order valence-corrected chi connectivity index (χ4v) is 3.63. The summed E-state index contributed by atoms with van der Waals surface area (Å²) in [4.78, 5) is 13.6. The first-order valence-corrected chi connectivity index (χ1v) is 10.8. The quantitative estimate of drug-likeness (QED) is 0.154. The Kier molecular flexibility index (Phi) is 8.17. The maximum absolute atomic E-state index is 13.7. The van der Waals surface area contributed by atoms with Gasteiger partial charge in [-0.1, -0.05) is 73.2 Å². The second-order valence-corrected chi connectivity index (χ2v) is 7.75. The van der Waals surface area contributed by atoms with Crippen molar-refractivity contribution in [3.63, 3.8) is 0 Å². The molecule has 0 bridgehead atoms. The molecular formula is C28H29FN2O2. The molecule has 3 aromatic rings. The van der Waals surface area contributed by atoms with Crippen LogP contribution in [0.4, 0.5) is 4.39 Å². The minimum Gasteiger partial charge on any atom is -0.496 e. The summed E-state index contributed by atoms with van der Waals surface area (Å²) in [5.41, 5.74) is 4.76. The SMILES string of the molecule is CC/C(=C(/C=C/c1cccc(F)c1)C(=O)N(N)Cc1ccc(C)cc1)c1ccccc1OC. The van der Waals surface area contributed by atoms with Gasteiger partial charge in [0.1, 0.15) is 11.6 Å². The molecule has 0 aromatic heterocycles. The second-order valence-electron chi connectivity index (χ2n) is 7.75. The number of amides is 1. The number of hydrogen-bond donors (Lipinski definition) is 1. The predicted octanol–water partition coefficient (Wildman–Crippen LogP) is 5.92. The number of methoxy groups -OCH3 is 1. The van der Waals surface area contributed by atoms with Crippen LogP contribution in [-0.2, 0) is 11.3 Å². The van der Waals surface area contributed by atoms with Gasteiger partial charge in [-0.25, -0.2) is 10.2 Å². The molecule has 0 unspecified atom stereocenters. The monoisotopic (exact) mass is 444 g/mol. The Balaban J connectivity index is 2.05. The van der Waals surface area contributed by atoms with E-state index in [4.69, 9.17) is 10.6 Å². The summed E-state index contributed by atoms with van der Waals surface area (Å²) in [6, 6.07) is 21.7. The van der Waals surface area contributed by atoms with E-state index in [2.05, 4.69) is 0 Å². The molecule has 0 spiro atoms. The molecule has 0 aliphatic rings. The minimum absolute atomic E-state index is 0.263. The summed E-state index contributed by atoms with van der Waals surface area (Å²) in [5.74, 6) is 6.25. The molecule has 0 radical (unpaired) electrons. The Morgan fingerprint density at radius 1 is 1.06 bits per heavy atom. The first kappa shape index (κ1) is 24.0. The molecule has 0 aliphatic heterocycles. The van der Waals surface area contributed by atoms with Crippen molar-refractivity contribution in [1.82, 2.24) is 5.01 Å². The predicted molar refractivity (Wildman–Crippen MR) is 132 cm³/mol. The molecule has 5 heteroatoms. The molecule has 2 N–H and O–H groups in total. The topological polar surface area (TPSA) is 55.6 Å². The lowest BCUT2D eigenvalue weighted by molar-refractivity contribution is -0.127. The zero-order valence-electron chi connectivity index (χ0n) is 19.2. The van der Waals surface area contributed by atoms with E-state index >= 15 is 0 Å². The number of rotatable bonds is 8. The van der Waals surface area contributed by atoms with Gasteiger partial charge >= 0.3 is 0 Å². The number of aryl methyl sites for hydroxylation is 1. The van der Waals surface area contributed by atoms with E-state index in [9.17, 15) is 9.18 Å². The maximum Gasteiger partial charge on any atom is 0.268 e. The highest BCUT2D eigenvalue weighted by Crippen LogP contribution is 2.32. The number of benzene rings is 3. The van der Waals surface area contributed by atoms with Gasteiger partial charge in [-0.3, -0.25) is 9.80 Å². The number of nitrogens with zero attached hydrogens (tertiary/aromatic N) is 1. The van der Waals surface area contributed by atoms with E-state index in [1.54, 1.807) is 31.4 Å². The van der Waals surface area contributed by atoms with E-state index in [-0.39, 0.29) is 18.3 Å². The van der Waals surface area contributed by atoms with Gasteiger partial charge in [0, 0.05) is 11.1 Å². The fraction of sp³-hybridized carbons (Fsp3) is 0.179. The van der Waals surface area contributed by atoms with Crippen LogP contribution in [0.25, 0.3) is 11.6 Å². The average Bonchev–Trinajstić information content (AvgIpc) is 2.83. The molecule has 0 fully saturated rings. The molecule has 3 aromatic carbocycles. The highest BCUT2D eigenvalue weighted by molar-refractivity contribution is 6.05. The van der Waals surface area contributed by atoms with Crippen molar-refractivity contribution in [2.45, 2.75) is 26.8 Å². The summed E-state index contributed by atoms with van der Waals surface area (Å²) < 4.78 is 19.2. The third-order valence-corrected chi connectivity index (χ3v) is 5.37. The molecule has 170 valence electrons. The van der Waals surface area contributed by atoms with Crippen LogP contribution < -0.4 is 10.6 Å². The van der Waals surface area contributed by atoms with Crippen molar-refractivity contribution in [2.24, 2.45) is 5.84 Å². The van der Waals surface area contributed by atoms with E-state index < -0.39 is 0 Å². The van der Waals surface area contributed by atoms with Gasteiger partial charge in [-0.05, 0) is 54.3 Å². The average molecular weight is 445 g/mol. The highest BCUT2D eigenvalue weighted by Gasteiger charge is 2.20. The summed E-state index contributed by atoms with van der Waals surface area (Å²) in [6.07, 6.45) is 4.01. The summed E-state index contributed by atoms with van der Waals surface area (Å²) in [5, 5.41) is 1.21. The molecule has 0 saturated carbocycles. The van der Waals surface area contributed by atoms with Crippen molar-refractivity contribution < 1.29 is 13.9 Å². The number of hydrazine groups is 1. The van der Waals surface area contributed by atoms with Crippen LogP contribution in [-0.4, -0.2) is 18.0 Å². The number of hydrogen-bond acceptors (Lipinski definition) is 3. The Hall–Kier alpha value is -3.70. The van der Waals surface area contributed by atoms with Crippen LogP contribution >= 0.6 is 0 Å². The molecular weight excluding hydrogens is 415 g/mol. The Morgan fingerprint density at radius 3 is 2.45 bits per heavy atom. The standard InChI is InChI=1S/C28H29FN2O2/c1-4-24(25-10-5-6-11-27(25)33-3)26(17-16-21-8-7-9-23(29)18-21)28(32)31(30)19-22-14-12-20(2)13-15-22/h5-18H,4,19,30H2,1-3H3/b17-16+,26-24+. The fourth-order valence-electron chi connectivity index (χ4n) is 3.63. The van der Waals surface area contributed by atoms with Crippen molar-refractivity contribution in [3.05, 3.63) is 113 Å². The number of carbonyl (C=O) groups excluding carboxylic acids is 1. The highest BCUT2D eigenvalue weighted by atomic mass is 19.1. The van der Waals surface area contributed by atoms with Crippen LogP contribution in [0.5, 0.6) is 5.75 Å². The first-order valence-electron chi connectivity index (χ1n) is 10.8. The number of allylic oxidation sites excluding steroid dienone is 1. The first-order chi connectivity index (χ1) is 15.9. The molecule has 4 nitrogen and oxygen atoms in total. The van der Waals surface area contributed by atoms with Gasteiger partial charge in [0.15, 0.2) is 0 Å². The normalized spacial score (nSPS) is 11.9. The third kappa shape index (κ3) is 6.18. The molecule has 0 atom stereocenters. The van der Waals surface area contributed by atoms with Gasteiger partial charge < -0.3 is 4.74 Å². The van der Waals surface area contributed by atoms with Crippen LogP contribution in [0, 0.1) is 12.7 Å². The molecule has 1 amide bonds. The van der Waals surface area contributed by atoms with Gasteiger partial charge in [-0.15, -0.1) is 0 Å². The molecule has 33 heavy (non-hydrogen) atoms. The van der Waals surface area contributed by atoms with Crippen LogP contribution in [0.2, 0.25) is 0 Å². The smallest absolute Gasteiger partial charge is 0.268 e. The number of carbonyl (C=O) groups is 1. The van der Waals surface area contributed by atoms with Crippen molar-refractivity contribution in [3.8, 4) is 5.75 Å². The van der Waals surface area contributed by atoms with Crippen LogP contribution in [0.3, 0.4) is 0 Å². The van der Waals surface area contributed by atoms with Gasteiger partial charge in [0.05, 0.1) is 13.7 Å². The van der Waals surface area contributed by atoms with Crippen molar-refractivity contribution >= 4 is 17.6 Å². The zero-order chi connectivity index (χ0) is 23.8. The Bertz CT molecular complexity index is 1170. The van der Waals surface area contributed by atoms with Crippen molar-refractivity contribution in [1.29, 1.82) is 0 Å². The number of para-hydroxylation sites is 1. The summed E-state index contributed by atoms with van der Waals surface area (Å²) in [7, 11) is 1.60. The number of ether oxygens (including phenoxy) is 1. The second kappa shape index (κ2) is 11.2. The minimum atomic E-state index is -0.339. The number of nitrogens with two attached hydrogens (primary N) is 1. The molecule has 0 saturated heterocycles. The molecule has 0 aliphatic carbocycles. The molecule has 3 rings (SSSR count). The summed E-state index contributed by atoms with van der Waals surface area (Å²) in [6.45, 7) is 4.25. The Morgan fingerprint density at radius 2 is 1.79 bits per heavy atom. The van der Waals surface area contributed by atoms with E-state index in [0.717, 1.165) is 22.3 Å². The Labute approximate surface area is 194 Å². The van der Waals surface area contributed by atoms with Gasteiger partial charge in [0.2, 0.25) is 0 Å². The lowest BCUT2D eigenvalue weighted by Gasteiger charge is -2.21. The zero-order valence-corrected chi connectivity index (χ0v) is 19.2. The molecule has 0 heterocycles. The number of halogens is 1. The van der Waals surface area contributed by atoms with Crippen LogP contribution in [0.1, 0.15) is 35.6 Å². The van der Waals surface area contributed by atoms with Gasteiger partial charge in [-0.2, -0.15) is 0 Å². The lowest BCUT2D eigenvalue weighted by atomic mass is 9.95. The lowest BCUT2D eigenvalue weighted by Crippen LogP contribution is -2.37.